The summed E-state index contributed by atoms with van der Waals surface area (Å²) in [6.07, 6.45) is 2.54. The van der Waals surface area contributed by atoms with Crippen LogP contribution in [-0.2, 0) is 9.84 Å². The van der Waals surface area contributed by atoms with Crippen molar-refractivity contribution in [3.05, 3.63) is 59.9 Å². The van der Waals surface area contributed by atoms with E-state index in [-0.39, 0.29) is 48.3 Å². The van der Waals surface area contributed by atoms with Gasteiger partial charge in [-0.1, -0.05) is 18.2 Å². The van der Waals surface area contributed by atoms with Crippen LogP contribution in [0.2, 0.25) is 0 Å². The molecule has 0 N–H and O–H groups in total. The lowest BCUT2D eigenvalue weighted by Crippen LogP contribution is -2.50. The number of imidazole rings is 1. The number of rotatable bonds is 5. The van der Waals surface area contributed by atoms with E-state index in [0.717, 1.165) is 6.26 Å². The van der Waals surface area contributed by atoms with Crippen molar-refractivity contribution >= 4 is 27.2 Å². The van der Waals surface area contributed by atoms with Gasteiger partial charge in [0, 0.05) is 38.6 Å². The first-order chi connectivity index (χ1) is 15.7. The van der Waals surface area contributed by atoms with Gasteiger partial charge in [-0.3, -0.25) is 14.0 Å². The molecule has 12 heteroatoms. The maximum atomic E-state index is 13.1. The minimum atomic E-state index is -3.67. The van der Waals surface area contributed by atoms with Gasteiger partial charge in [0.05, 0.1) is 11.1 Å². The molecule has 174 valence electrons. The van der Waals surface area contributed by atoms with Gasteiger partial charge in [-0.25, -0.2) is 13.4 Å². The Morgan fingerprint density at radius 1 is 0.970 bits per heavy atom. The van der Waals surface area contributed by atoms with Gasteiger partial charge in [0.15, 0.2) is 5.69 Å². The molecule has 0 atom stereocenters. The number of carbonyl (C=O) groups excluding carboxylic acids is 2. The van der Waals surface area contributed by atoms with Crippen molar-refractivity contribution in [2.45, 2.75) is 11.8 Å². The Labute approximate surface area is 188 Å². The van der Waals surface area contributed by atoms with Crippen molar-refractivity contribution < 1.29 is 31.5 Å². The number of fused-ring (bicyclic) bond motifs is 1. The number of para-hydroxylation sites is 1. The normalized spacial score (nSPS) is 14.7. The Morgan fingerprint density at radius 2 is 1.58 bits per heavy atom. The molecule has 0 radical (unpaired) electrons. The first kappa shape index (κ1) is 22.6. The fourth-order valence-corrected chi connectivity index (χ4v) is 4.48. The van der Waals surface area contributed by atoms with Gasteiger partial charge in [-0.15, -0.1) is 0 Å². The Hall–Kier alpha value is -3.54. The van der Waals surface area contributed by atoms with Crippen LogP contribution in [0, 0.1) is 0 Å². The van der Waals surface area contributed by atoms with Crippen LogP contribution in [-0.4, -0.2) is 78.5 Å². The number of nitrogens with zero attached hydrogens (tertiary/aromatic N) is 4. The highest BCUT2D eigenvalue weighted by molar-refractivity contribution is 7.90. The molecule has 0 unspecified atom stereocenters. The number of amides is 2. The predicted molar refractivity (Wildman–Crippen MR) is 113 cm³/mol. The number of carbonyl (C=O) groups is 2. The summed E-state index contributed by atoms with van der Waals surface area (Å²) in [7, 11) is -3.67. The lowest BCUT2D eigenvalue weighted by Gasteiger charge is -2.34. The number of ether oxygens (including phenoxy) is 1. The molecule has 2 aromatic heterocycles. The summed E-state index contributed by atoms with van der Waals surface area (Å²) in [4.78, 5) is 33.0. The van der Waals surface area contributed by atoms with Gasteiger partial charge in [-0.2, -0.15) is 8.78 Å². The zero-order valence-electron chi connectivity index (χ0n) is 17.5. The molecule has 33 heavy (non-hydrogen) atoms. The molecule has 4 rings (SSSR count). The smallest absolute Gasteiger partial charge is 0.387 e. The fourth-order valence-electron chi connectivity index (χ4n) is 3.70. The van der Waals surface area contributed by atoms with Crippen LogP contribution in [0.25, 0.3) is 5.52 Å². The van der Waals surface area contributed by atoms with Crippen LogP contribution in [0.5, 0.6) is 5.75 Å². The molecule has 0 aliphatic carbocycles. The molecule has 0 spiro atoms. The Morgan fingerprint density at radius 3 is 2.21 bits per heavy atom. The zero-order chi connectivity index (χ0) is 23.8. The SMILES string of the molecule is CS(=O)(=O)c1nc(C(=O)N2CCN(C(=O)c3ccccc3OC(F)F)CC2)c2ccccn12. The van der Waals surface area contributed by atoms with E-state index in [2.05, 4.69) is 9.72 Å². The Bertz CT molecular complexity index is 1320. The number of hydrogen-bond donors (Lipinski definition) is 0. The second-order valence-corrected chi connectivity index (χ2v) is 9.34. The van der Waals surface area contributed by atoms with Crippen LogP contribution in [0.3, 0.4) is 0 Å². The number of hydrogen-bond acceptors (Lipinski definition) is 6. The summed E-state index contributed by atoms with van der Waals surface area (Å²) in [6.45, 7) is -2.39. The van der Waals surface area contributed by atoms with Gasteiger partial charge in [0.25, 0.3) is 11.8 Å². The molecular weight excluding hydrogens is 458 g/mol. The summed E-state index contributed by atoms with van der Waals surface area (Å²) in [5, 5.41) is -0.231. The fraction of sp³-hybridized carbons (Fsp3) is 0.286. The molecule has 1 fully saturated rings. The van der Waals surface area contributed by atoms with Gasteiger partial charge < -0.3 is 14.5 Å². The van der Waals surface area contributed by atoms with E-state index in [0.29, 0.717) is 5.52 Å². The second kappa shape index (κ2) is 8.77. The van der Waals surface area contributed by atoms with E-state index in [1.807, 2.05) is 0 Å². The monoisotopic (exact) mass is 478 g/mol. The summed E-state index contributed by atoms with van der Waals surface area (Å²) < 4.78 is 55.3. The Balaban J connectivity index is 1.52. The quantitative estimate of drug-likeness (QED) is 0.556. The molecule has 1 aromatic carbocycles. The van der Waals surface area contributed by atoms with E-state index >= 15 is 0 Å². The molecule has 0 bridgehead atoms. The van der Waals surface area contributed by atoms with E-state index in [9.17, 15) is 26.8 Å². The van der Waals surface area contributed by atoms with Crippen LogP contribution in [0.1, 0.15) is 20.8 Å². The zero-order valence-corrected chi connectivity index (χ0v) is 18.3. The number of alkyl halides is 2. The van der Waals surface area contributed by atoms with E-state index < -0.39 is 28.3 Å². The molecule has 1 aliphatic rings. The second-order valence-electron chi connectivity index (χ2n) is 7.43. The predicted octanol–water partition coefficient (Wildman–Crippen LogP) is 1.94. The summed E-state index contributed by atoms with van der Waals surface area (Å²) >= 11 is 0. The topological polar surface area (TPSA) is 101 Å². The third-order valence-electron chi connectivity index (χ3n) is 5.24. The summed E-state index contributed by atoms with van der Waals surface area (Å²) in [5.41, 5.74) is 0.376. The van der Waals surface area contributed by atoms with Crippen molar-refractivity contribution in [3.8, 4) is 5.75 Å². The lowest BCUT2D eigenvalue weighted by molar-refractivity contribution is -0.0503. The van der Waals surface area contributed by atoms with Crippen molar-refractivity contribution in [2.24, 2.45) is 0 Å². The average Bonchev–Trinajstić information content (AvgIpc) is 3.18. The van der Waals surface area contributed by atoms with Crippen LogP contribution < -0.4 is 4.74 Å². The number of benzene rings is 1. The average molecular weight is 478 g/mol. The minimum Gasteiger partial charge on any atom is -0.434 e. The molecule has 1 saturated heterocycles. The van der Waals surface area contributed by atoms with Crippen molar-refractivity contribution in [1.29, 1.82) is 0 Å². The van der Waals surface area contributed by atoms with Gasteiger partial charge in [0.1, 0.15) is 5.75 Å². The van der Waals surface area contributed by atoms with Crippen molar-refractivity contribution in [2.75, 3.05) is 32.4 Å². The highest BCUT2D eigenvalue weighted by Crippen LogP contribution is 2.23. The first-order valence-electron chi connectivity index (χ1n) is 9.96. The third-order valence-corrected chi connectivity index (χ3v) is 6.19. The molecule has 9 nitrogen and oxygen atoms in total. The number of piperazine rings is 1. The van der Waals surface area contributed by atoms with E-state index in [1.165, 1.54) is 38.6 Å². The van der Waals surface area contributed by atoms with E-state index in [1.54, 1.807) is 24.3 Å². The third kappa shape index (κ3) is 4.51. The number of halogens is 2. The maximum Gasteiger partial charge on any atom is 0.387 e. The van der Waals surface area contributed by atoms with Crippen LogP contribution in [0.4, 0.5) is 8.78 Å². The largest absolute Gasteiger partial charge is 0.434 e. The molecule has 2 amide bonds. The Kier molecular flexibility index (Phi) is 6.02. The number of sulfone groups is 1. The molecular formula is C21H20F2N4O5S. The highest BCUT2D eigenvalue weighted by Gasteiger charge is 2.30. The molecule has 1 aliphatic heterocycles. The summed E-state index contributed by atoms with van der Waals surface area (Å²) in [6, 6.07) is 10.7. The highest BCUT2D eigenvalue weighted by atomic mass is 32.2. The molecule has 0 saturated carbocycles. The molecule has 3 aromatic rings. The standard InChI is InChI=1S/C21H20F2N4O5S/c1-33(30,31)21-24-17(15-7-4-5-9-27(15)21)19(29)26-12-10-25(11-13-26)18(28)14-6-2-3-8-16(14)32-20(22)23/h2-9,20H,10-13H2,1H3. The maximum absolute atomic E-state index is 13.1. The summed E-state index contributed by atoms with van der Waals surface area (Å²) in [5.74, 6) is -1.15. The van der Waals surface area contributed by atoms with Gasteiger partial charge in [-0.05, 0) is 24.3 Å². The van der Waals surface area contributed by atoms with Gasteiger partial charge in [0.2, 0.25) is 15.0 Å². The van der Waals surface area contributed by atoms with Crippen molar-refractivity contribution in [3.63, 3.8) is 0 Å². The first-order valence-corrected chi connectivity index (χ1v) is 11.9. The van der Waals surface area contributed by atoms with E-state index in [4.69, 9.17) is 0 Å². The van der Waals surface area contributed by atoms with Gasteiger partial charge >= 0.3 is 6.61 Å². The van der Waals surface area contributed by atoms with Crippen LogP contribution in [0.15, 0.2) is 53.8 Å². The molecule has 3 heterocycles. The number of pyridine rings is 1. The lowest BCUT2D eigenvalue weighted by atomic mass is 10.1. The van der Waals surface area contributed by atoms with Crippen molar-refractivity contribution in [1.82, 2.24) is 19.2 Å². The van der Waals surface area contributed by atoms with Crippen LogP contribution >= 0.6 is 0 Å². The minimum absolute atomic E-state index is 0.00600. The number of aromatic nitrogens is 2.